The van der Waals surface area contributed by atoms with Crippen molar-refractivity contribution in [2.75, 3.05) is 14.2 Å². The largest absolute Gasteiger partial charge is 0.493 e. The van der Waals surface area contributed by atoms with Gasteiger partial charge in [0.15, 0.2) is 17.6 Å². The summed E-state index contributed by atoms with van der Waals surface area (Å²) < 4.78 is 16.6. The lowest BCUT2D eigenvalue weighted by atomic mass is 10.1. The number of carbonyl (C=O) groups is 2. The molecule has 2 aromatic carbocycles. The summed E-state index contributed by atoms with van der Waals surface area (Å²) in [5.74, 6) is -0.494. The second-order valence-electron chi connectivity index (χ2n) is 6.03. The van der Waals surface area contributed by atoms with E-state index in [1.54, 1.807) is 24.3 Å². The number of halogens is 1. The van der Waals surface area contributed by atoms with Crippen LogP contribution in [0.1, 0.15) is 11.1 Å². The van der Waals surface area contributed by atoms with Crippen molar-refractivity contribution < 1.29 is 29.0 Å². The minimum absolute atomic E-state index is 0.0546. The van der Waals surface area contributed by atoms with Gasteiger partial charge in [-0.25, -0.2) is 10.3 Å². The Bertz CT molecular complexity index is 866. The Morgan fingerprint density at radius 3 is 2.34 bits per heavy atom. The Balaban J connectivity index is 2.02. The summed E-state index contributed by atoms with van der Waals surface area (Å²) in [6.07, 6.45) is 2.29. The highest BCUT2D eigenvalue weighted by molar-refractivity contribution is 9.10. The number of esters is 1. The molecule has 0 aliphatic rings. The lowest BCUT2D eigenvalue weighted by molar-refractivity contribution is -0.155. The smallest absolute Gasteiger partial charge is 0.331 e. The van der Waals surface area contributed by atoms with Crippen LogP contribution in [-0.4, -0.2) is 37.4 Å². The van der Waals surface area contributed by atoms with Crippen LogP contribution >= 0.6 is 15.9 Å². The molecular formula is C21H22BrNO6. The molecule has 7 nitrogen and oxygen atoms in total. The third-order valence-corrected chi connectivity index (χ3v) is 4.58. The normalized spacial score (nSPS) is 11.7. The van der Waals surface area contributed by atoms with Gasteiger partial charge < -0.3 is 14.2 Å². The van der Waals surface area contributed by atoms with E-state index in [1.165, 1.54) is 25.8 Å². The van der Waals surface area contributed by atoms with Crippen molar-refractivity contribution in [3.05, 3.63) is 70.2 Å². The summed E-state index contributed by atoms with van der Waals surface area (Å²) in [4.78, 5) is 24.0. The molecule has 0 bridgehead atoms. The van der Waals surface area contributed by atoms with E-state index in [1.807, 2.05) is 24.3 Å². The van der Waals surface area contributed by atoms with Gasteiger partial charge in [-0.15, -0.1) is 0 Å². The average molecular weight is 464 g/mol. The van der Waals surface area contributed by atoms with Crippen LogP contribution in [0.2, 0.25) is 0 Å². The molecule has 29 heavy (non-hydrogen) atoms. The van der Waals surface area contributed by atoms with Gasteiger partial charge in [0.25, 0.3) is 5.91 Å². The first-order chi connectivity index (χ1) is 14.0. The summed E-state index contributed by atoms with van der Waals surface area (Å²) in [6, 6.07) is 12.8. The Morgan fingerprint density at radius 1 is 1.07 bits per heavy atom. The fourth-order valence-electron chi connectivity index (χ4n) is 2.57. The molecule has 8 heteroatoms. The molecule has 0 heterocycles. The molecule has 0 aromatic heterocycles. The van der Waals surface area contributed by atoms with E-state index in [0.717, 1.165) is 10.0 Å². The summed E-state index contributed by atoms with van der Waals surface area (Å²) in [5, 5.41) is 8.97. The fourth-order valence-corrected chi connectivity index (χ4v) is 2.84. The van der Waals surface area contributed by atoms with Crippen molar-refractivity contribution in [1.29, 1.82) is 0 Å². The number of hydrogen-bond acceptors (Lipinski definition) is 6. The maximum absolute atomic E-state index is 12.1. The predicted molar refractivity (Wildman–Crippen MR) is 110 cm³/mol. The minimum atomic E-state index is -1.21. The number of methoxy groups -OCH3 is 2. The highest BCUT2D eigenvalue weighted by atomic mass is 79.9. The number of ether oxygens (including phenoxy) is 3. The Labute approximate surface area is 177 Å². The maximum atomic E-state index is 12.1. The molecule has 0 aliphatic carbocycles. The lowest BCUT2D eigenvalue weighted by Crippen LogP contribution is -2.37. The first-order valence-corrected chi connectivity index (χ1v) is 9.52. The maximum Gasteiger partial charge on any atom is 0.331 e. The van der Waals surface area contributed by atoms with Gasteiger partial charge in [-0.05, 0) is 41.8 Å². The number of benzene rings is 2. The zero-order chi connectivity index (χ0) is 21.2. The molecule has 0 spiro atoms. The first kappa shape index (κ1) is 22.4. The summed E-state index contributed by atoms with van der Waals surface area (Å²) >= 11 is 3.36. The molecular weight excluding hydrogens is 442 g/mol. The minimum Gasteiger partial charge on any atom is -0.493 e. The van der Waals surface area contributed by atoms with Crippen molar-refractivity contribution in [2.45, 2.75) is 18.9 Å². The second kappa shape index (κ2) is 11.2. The number of allylic oxidation sites excluding steroid dienone is 1. The highest BCUT2D eigenvalue weighted by Gasteiger charge is 2.23. The molecule has 0 saturated heterocycles. The number of nitrogens with one attached hydrogen (secondary N) is 1. The highest BCUT2D eigenvalue weighted by Crippen LogP contribution is 2.28. The second-order valence-corrected chi connectivity index (χ2v) is 6.94. The van der Waals surface area contributed by atoms with Gasteiger partial charge in [0.1, 0.15) is 0 Å². The molecule has 1 atom stereocenters. The molecule has 2 N–H and O–H groups in total. The van der Waals surface area contributed by atoms with Gasteiger partial charge in [0.05, 0.1) is 14.2 Å². The van der Waals surface area contributed by atoms with E-state index < -0.39 is 18.0 Å². The molecule has 0 aliphatic heterocycles. The van der Waals surface area contributed by atoms with E-state index in [2.05, 4.69) is 15.9 Å². The van der Waals surface area contributed by atoms with Crippen molar-refractivity contribution in [3.63, 3.8) is 0 Å². The zero-order valence-electron chi connectivity index (χ0n) is 16.1. The van der Waals surface area contributed by atoms with Gasteiger partial charge in [0.2, 0.25) is 0 Å². The van der Waals surface area contributed by atoms with Crippen LogP contribution in [0, 0.1) is 0 Å². The molecule has 0 fully saturated rings. The topological polar surface area (TPSA) is 94.1 Å². The molecule has 2 rings (SSSR count). The third-order valence-electron chi connectivity index (χ3n) is 4.05. The summed E-state index contributed by atoms with van der Waals surface area (Å²) in [6.45, 7) is 0. The van der Waals surface area contributed by atoms with Crippen molar-refractivity contribution >= 4 is 27.8 Å². The SMILES string of the molecule is COc1ccc(CC(OC(=O)/C=C/Cc2ccc(Br)cc2)C(=O)NO)cc1OC. The number of carbonyl (C=O) groups excluding carboxylic acids is 2. The molecule has 1 amide bonds. The summed E-state index contributed by atoms with van der Waals surface area (Å²) in [5.41, 5.74) is 3.22. The predicted octanol–water partition coefficient (Wildman–Crippen LogP) is 3.22. The van der Waals surface area contributed by atoms with Crippen molar-refractivity contribution in [2.24, 2.45) is 0 Å². The lowest BCUT2D eigenvalue weighted by Gasteiger charge is -2.16. The quantitative estimate of drug-likeness (QED) is 0.256. The number of hydroxylamine groups is 1. The first-order valence-electron chi connectivity index (χ1n) is 8.73. The van der Waals surface area contributed by atoms with Crippen LogP contribution in [0.25, 0.3) is 0 Å². The number of hydrogen-bond donors (Lipinski definition) is 2. The molecule has 0 saturated carbocycles. The Morgan fingerprint density at radius 2 is 1.72 bits per heavy atom. The van der Waals surface area contributed by atoms with Crippen molar-refractivity contribution in [1.82, 2.24) is 5.48 Å². The van der Waals surface area contributed by atoms with Crippen molar-refractivity contribution in [3.8, 4) is 11.5 Å². The Hall–Kier alpha value is -2.84. The van der Waals surface area contributed by atoms with E-state index in [4.69, 9.17) is 19.4 Å². The summed E-state index contributed by atoms with van der Waals surface area (Å²) in [7, 11) is 3.01. The van der Waals surface area contributed by atoms with Gasteiger partial charge >= 0.3 is 5.97 Å². The molecule has 2 aromatic rings. The third kappa shape index (κ3) is 6.92. The standard InChI is InChI=1S/C21H22BrNO6/c1-27-17-11-8-15(12-18(17)28-2)13-19(21(25)23-26)29-20(24)5-3-4-14-6-9-16(22)10-7-14/h3,5-12,19,26H,4,13H2,1-2H3,(H,23,25)/b5-3+. The monoisotopic (exact) mass is 463 g/mol. The van der Waals surface area contributed by atoms with E-state index in [-0.39, 0.29) is 6.42 Å². The molecule has 0 radical (unpaired) electrons. The van der Waals surface area contributed by atoms with Crippen LogP contribution in [0.3, 0.4) is 0 Å². The number of amides is 1. The van der Waals surface area contributed by atoms with Gasteiger partial charge in [-0.2, -0.15) is 0 Å². The van der Waals surface area contributed by atoms with Crippen LogP contribution < -0.4 is 15.0 Å². The molecule has 1 unspecified atom stereocenters. The number of rotatable bonds is 9. The van der Waals surface area contributed by atoms with E-state index in [0.29, 0.717) is 23.5 Å². The van der Waals surface area contributed by atoms with Crippen LogP contribution in [0.15, 0.2) is 59.1 Å². The van der Waals surface area contributed by atoms with Gasteiger partial charge in [-0.1, -0.05) is 40.2 Å². The van der Waals surface area contributed by atoms with Crippen LogP contribution in [0.5, 0.6) is 11.5 Å². The Kier molecular flexibility index (Phi) is 8.69. The average Bonchev–Trinajstić information content (AvgIpc) is 2.73. The van der Waals surface area contributed by atoms with Gasteiger partial charge in [-0.3, -0.25) is 10.0 Å². The van der Waals surface area contributed by atoms with Gasteiger partial charge in [0, 0.05) is 17.0 Å². The van der Waals surface area contributed by atoms with E-state index in [9.17, 15) is 9.59 Å². The molecule has 154 valence electrons. The van der Waals surface area contributed by atoms with Crippen LogP contribution in [0.4, 0.5) is 0 Å². The zero-order valence-corrected chi connectivity index (χ0v) is 17.6. The van der Waals surface area contributed by atoms with Crippen LogP contribution in [-0.2, 0) is 27.2 Å². The van der Waals surface area contributed by atoms with E-state index >= 15 is 0 Å². The fraction of sp³-hybridized carbons (Fsp3) is 0.238.